The van der Waals surface area contributed by atoms with Crippen LogP contribution < -0.4 is 4.74 Å². The van der Waals surface area contributed by atoms with Crippen LogP contribution in [0, 0.1) is 6.92 Å². The van der Waals surface area contributed by atoms with Crippen molar-refractivity contribution in [3.63, 3.8) is 0 Å². The molecule has 0 saturated carbocycles. The van der Waals surface area contributed by atoms with E-state index in [4.69, 9.17) is 19.0 Å². The van der Waals surface area contributed by atoms with E-state index >= 15 is 0 Å². The van der Waals surface area contributed by atoms with E-state index in [1.165, 1.54) is 12.3 Å². The topological polar surface area (TPSA) is 112 Å². The molecule has 3 aromatic rings. The second-order valence-electron chi connectivity index (χ2n) is 6.88. The monoisotopic (exact) mass is 436 g/mol. The quantitative estimate of drug-likeness (QED) is 0.374. The van der Waals surface area contributed by atoms with Crippen molar-refractivity contribution in [2.45, 2.75) is 26.7 Å². The summed E-state index contributed by atoms with van der Waals surface area (Å²) in [5.74, 6) is -0.0525. The van der Waals surface area contributed by atoms with Crippen molar-refractivity contribution in [2.75, 3.05) is 13.2 Å². The standard InChI is InChI=1S/C24H24N2O6/c1-3-30-24(29)19(14-22(27)28)13-17-9-10-21(25-15-17)31-12-11-20-16(2)32-23(26-20)18-7-5-4-6-8-18/h4-10,13,15H,3,11-12,14H2,1-2H3,(H,27,28)/b19-13+. The van der Waals surface area contributed by atoms with Crippen molar-refractivity contribution in [1.82, 2.24) is 9.97 Å². The number of carboxylic acids is 1. The summed E-state index contributed by atoms with van der Waals surface area (Å²) in [6.45, 7) is 4.05. The van der Waals surface area contributed by atoms with Gasteiger partial charge < -0.3 is 19.0 Å². The number of nitrogens with zero attached hydrogens (tertiary/aromatic N) is 2. The van der Waals surface area contributed by atoms with Gasteiger partial charge in [0.15, 0.2) is 0 Å². The van der Waals surface area contributed by atoms with Gasteiger partial charge in [0.1, 0.15) is 5.76 Å². The van der Waals surface area contributed by atoms with Crippen LogP contribution in [-0.2, 0) is 20.7 Å². The summed E-state index contributed by atoms with van der Waals surface area (Å²) in [6.07, 6.45) is 3.08. The maximum atomic E-state index is 11.9. The first-order valence-electron chi connectivity index (χ1n) is 10.2. The Kier molecular flexibility index (Phi) is 7.75. The number of ether oxygens (including phenoxy) is 2. The molecule has 2 aromatic heterocycles. The van der Waals surface area contributed by atoms with Crippen molar-refractivity contribution >= 4 is 18.0 Å². The summed E-state index contributed by atoms with van der Waals surface area (Å²) in [5.41, 5.74) is 2.35. The molecule has 0 aliphatic rings. The molecule has 0 radical (unpaired) electrons. The molecule has 0 saturated heterocycles. The minimum Gasteiger partial charge on any atom is -0.481 e. The van der Waals surface area contributed by atoms with E-state index in [9.17, 15) is 9.59 Å². The Morgan fingerprint density at radius 3 is 2.59 bits per heavy atom. The lowest BCUT2D eigenvalue weighted by Gasteiger charge is -2.06. The molecule has 32 heavy (non-hydrogen) atoms. The minimum atomic E-state index is -1.12. The van der Waals surface area contributed by atoms with Gasteiger partial charge in [0, 0.05) is 29.8 Å². The van der Waals surface area contributed by atoms with E-state index in [1.54, 1.807) is 19.1 Å². The van der Waals surface area contributed by atoms with Crippen molar-refractivity contribution < 1.29 is 28.6 Å². The fourth-order valence-corrected chi connectivity index (χ4v) is 2.95. The fraction of sp³-hybridized carbons (Fsp3) is 0.250. The number of pyridine rings is 1. The number of aryl methyl sites for hydroxylation is 1. The SMILES string of the molecule is CCOC(=O)/C(=C/c1ccc(OCCc2nc(-c3ccccc3)oc2C)nc1)CC(=O)O. The third-order valence-electron chi connectivity index (χ3n) is 4.48. The van der Waals surface area contributed by atoms with Crippen molar-refractivity contribution in [3.05, 3.63) is 71.3 Å². The number of oxazole rings is 1. The number of carbonyl (C=O) groups excluding carboxylic acids is 1. The average Bonchev–Trinajstić information content (AvgIpc) is 3.15. The normalized spacial score (nSPS) is 11.2. The summed E-state index contributed by atoms with van der Waals surface area (Å²) in [4.78, 5) is 31.7. The first-order valence-corrected chi connectivity index (χ1v) is 10.2. The van der Waals surface area contributed by atoms with Gasteiger partial charge in [0.25, 0.3) is 0 Å². The molecule has 1 aromatic carbocycles. The highest BCUT2D eigenvalue weighted by atomic mass is 16.5. The van der Waals surface area contributed by atoms with Crippen LogP contribution in [-0.4, -0.2) is 40.2 Å². The van der Waals surface area contributed by atoms with Gasteiger partial charge in [0.05, 0.1) is 25.3 Å². The Morgan fingerprint density at radius 1 is 1.16 bits per heavy atom. The first-order chi connectivity index (χ1) is 15.5. The second kappa shape index (κ2) is 10.9. The molecule has 3 rings (SSSR count). The summed E-state index contributed by atoms with van der Waals surface area (Å²) < 4.78 is 16.3. The van der Waals surface area contributed by atoms with E-state index in [-0.39, 0.29) is 12.2 Å². The van der Waals surface area contributed by atoms with Crippen molar-refractivity contribution in [1.29, 1.82) is 0 Å². The molecule has 1 N–H and O–H groups in total. The number of carbonyl (C=O) groups is 2. The van der Waals surface area contributed by atoms with Crippen LogP contribution in [0.1, 0.15) is 30.4 Å². The Hall–Kier alpha value is -3.94. The first kappa shape index (κ1) is 22.7. The predicted molar refractivity (Wildman–Crippen MR) is 117 cm³/mol. The molecule has 0 aliphatic heterocycles. The van der Waals surface area contributed by atoms with Gasteiger partial charge in [-0.15, -0.1) is 0 Å². The third kappa shape index (κ3) is 6.28. The largest absolute Gasteiger partial charge is 0.481 e. The van der Waals surface area contributed by atoms with E-state index in [0.717, 1.165) is 17.0 Å². The zero-order valence-corrected chi connectivity index (χ0v) is 17.9. The maximum absolute atomic E-state index is 11.9. The maximum Gasteiger partial charge on any atom is 0.334 e. The van der Waals surface area contributed by atoms with E-state index < -0.39 is 18.4 Å². The highest BCUT2D eigenvalue weighted by molar-refractivity contribution is 5.97. The number of esters is 1. The van der Waals surface area contributed by atoms with E-state index in [0.29, 0.717) is 30.4 Å². The van der Waals surface area contributed by atoms with Gasteiger partial charge in [-0.25, -0.2) is 14.8 Å². The summed E-state index contributed by atoms with van der Waals surface area (Å²) >= 11 is 0. The van der Waals surface area contributed by atoms with Gasteiger partial charge in [0.2, 0.25) is 11.8 Å². The van der Waals surface area contributed by atoms with Crippen LogP contribution in [0.4, 0.5) is 0 Å². The highest BCUT2D eigenvalue weighted by Gasteiger charge is 2.15. The van der Waals surface area contributed by atoms with Gasteiger partial charge in [-0.2, -0.15) is 0 Å². The molecule has 0 unspecified atom stereocenters. The third-order valence-corrected chi connectivity index (χ3v) is 4.48. The van der Waals surface area contributed by atoms with Crippen LogP contribution >= 0.6 is 0 Å². The molecule has 0 spiro atoms. The smallest absolute Gasteiger partial charge is 0.334 e. The number of hydrogen-bond donors (Lipinski definition) is 1. The lowest BCUT2D eigenvalue weighted by atomic mass is 10.1. The lowest BCUT2D eigenvalue weighted by molar-refractivity contribution is -0.142. The van der Waals surface area contributed by atoms with Crippen molar-refractivity contribution in [3.8, 4) is 17.3 Å². The molecular formula is C24H24N2O6. The number of benzene rings is 1. The molecule has 0 fully saturated rings. The lowest BCUT2D eigenvalue weighted by Crippen LogP contribution is -2.11. The number of carboxylic acid groups (broad SMARTS) is 1. The zero-order valence-electron chi connectivity index (χ0n) is 17.9. The van der Waals surface area contributed by atoms with Gasteiger partial charge >= 0.3 is 11.9 Å². The molecule has 0 amide bonds. The number of hydrogen-bond acceptors (Lipinski definition) is 7. The summed E-state index contributed by atoms with van der Waals surface area (Å²) in [6, 6.07) is 13.0. The molecule has 0 atom stereocenters. The average molecular weight is 436 g/mol. The zero-order chi connectivity index (χ0) is 22.9. The van der Waals surface area contributed by atoms with Crippen LogP contribution in [0.2, 0.25) is 0 Å². The Bertz CT molecular complexity index is 1090. The molecule has 8 nitrogen and oxygen atoms in total. The number of aliphatic carboxylic acids is 1. The molecule has 2 heterocycles. The van der Waals surface area contributed by atoms with E-state index in [2.05, 4.69) is 9.97 Å². The predicted octanol–water partition coefficient (Wildman–Crippen LogP) is 4.09. The van der Waals surface area contributed by atoms with Crippen LogP contribution in [0.5, 0.6) is 5.88 Å². The van der Waals surface area contributed by atoms with Gasteiger partial charge in [-0.05, 0) is 43.7 Å². The van der Waals surface area contributed by atoms with Crippen molar-refractivity contribution in [2.24, 2.45) is 0 Å². The Balaban J connectivity index is 1.60. The summed E-state index contributed by atoms with van der Waals surface area (Å²) in [7, 11) is 0. The number of aromatic nitrogens is 2. The molecule has 166 valence electrons. The van der Waals surface area contributed by atoms with Gasteiger partial charge in [-0.1, -0.05) is 18.2 Å². The van der Waals surface area contributed by atoms with Crippen LogP contribution in [0.15, 0.2) is 58.7 Å². The number of rotatable bonds is 10. The molecule has 8 heteroatoms. The second-order valence-corrected chi connectivity index (χ2v) is 6.88. The Labute approximate surface area is 185 Å². The fourth-order valence-electron chi connectivity index (χ4n) is 2.95. The summed E-state index contributed by atoms with van der Waals surface area (Å²) in [5, 5.41) is 9.00. The molecular weight excluding hydrogens is 412 g/mol. The highest BCUT2D eigenvalue weighted by Crippen LogP contribution is 2.22. The van der Waals surface area contributed by atoms with Gasteiger partial charge in [-0.3, -0.25) is 4.79 Å². The van der Waals surface area contributed by atoms with Crippen LogP contribution in [0.3, 0.4) is 0 Å². The molecule has 0 bridgehead atoms. The van der Waals surface area contributed by atoms with Crippen LogP contribution in [0.25, 0.3) is 17.5 Å². The Morgan fingerprint density at radius 2 is 1.94 bits per heavy atom. The van der Waals surface area contributed by atoms with E-state index in [1.807, 2.05) is 37.3 Å². The molecule has 0 aliphatic carbocycles. The minimum absolute atomic E-state index is 0.0468.